The van der Waals surface area contributed by atoms with Crippen LogP contribution in [0.15, 0.2) is 24.3 Å². The quantitative estimate of drug-likeness (QED) is 0.775. The van der Waals surface area contributed by atoms with Crippen molar-refractivity contribution in [2.75, 3.05) is 13.1 Å². The lowest BCUT2D eigenvalue weighted by Gasteiger charge is -2.39. The van der Waals surface area contributed by atoms with Crippen LogP contribution in [0.2, 0.25) is 0 Å². The smallest absolute Gasteiger partial charge is 0.280 e. The lowest BCUT2D eigenvalue weighted by atomic mass is 9.87. The second kappa shape index (κ2) is 4.10. The molecule has 1 spiro atoms. The summed E-state index contributed by atoms with van der Waals surface area (Å²) in [5, 5.41) is 3.09. The molecule has 2 aliphatic heterocycles. The Labute approximate surface area is 105 Å². The van der Waals surface area contributed by atoms with Gasteiger partial charge in [0.05, 0.1) is 12.0 Å². The molecule has 1 aromatic carbocycles. The molecule has 0 aromatic heterocycles. The second-order valence-electron chi connectivity index (χ2n) is 4.59. The third-order valence-corrected chi connectivity index (χ3v) is 3.36. The Balaban J connectivity index is 0.00000108. The first-order valence-corrected chi connectivity index (χ1v) is 5.48. The Morgan fingerprint density at radius 1 is 1.24 bits per heavy atom. The monoisotopic (exact) mass is 261 g/mol. The maximum atomic E-state index is 14.0. The molecule has 1 fully saturated rings. The van der Waals surface area contributed by atoms with Crippen molar-refractivity contribution in [2.24, 2.45) is 0 Å². The van der Waals surface area contributed by atoms with Gasteiger partial charge >= 0.3 is 0 Å². The molecular formula is C12H14ClF2NO. The van der Waals surface area contributed by atoms with Gasteiger partial charge in [0.15, 0.2) is 0 Å². The Morgan fingerprint density at radius 2 is 2.00 bits per heavy atom. The number of ether oxygens (including phenoxy) is 1. The number of fused-ring (bicyclic) bond motifs is 1. The van der Waals surface area contributed by atoms with Gasteiger partial charge in [-0.15, -0.1) is 12.4 Å². The molecular weight excluding hydrogens is 248 g/mol. The van der Waals surface area contributed by atoms with Gasteiger partial charge in [-0.2, -0.15) is 0 Å². The zero-order valence-corrected chi connectivity index (χ0v) is 10.0. The fraction of sp³-hybridized carbons (Fsp3) is 0.500. The van der Waals surface area contributed by atoms with Crippen LogP contribution < -0.4 is 10.1 Å². The highest BCUT2D eigenvalue weighted by Gasteiger charge is 2.51. The summed E-state index contributed by atoms with van der Waals surface area (Å²) in [6, 6.07) is 6.43. The molecule has 2 nitrogen and oxygen atoms in total. The lowest BCUT2D eigenvalue weighted by molar-refractivity contribution is -0.0990. The van der Waals surface area contributed by atoms with Crippen LogP contribution in [0.1, 0.15) is 18.4 Å². The molecule has 0 radical (unpaired) electrons. The summed E-state index contributed by atoms with van der Waals surface area (Å²) in [4.78, 5) is 0. The summed E-state index contributed by atoms with van der Waals surface area (Å²) in [6.07, 6.45) is 0.431. The number of alkyl halides is 2. The first-order valence-electron chi connectivity index (χ1n) is 5.48. The molecule has 3 rings (SSSR count). The first kappa shape index (κ1) is 12.6. The normalized spacial score (nSPS) is 29.3. The van der Waals surface area contributed by atoms with Crippen molar-refractivity contribution in [1.82, 2.24) is 5.32 Å². The summed E-state index contributed by atoms with van der Waals surface area (Å²) < 4.78 is 33.7. The average Bonchev–Trinajstić information content (AvgIpc) is 2.65. The Kier molecular flexibility index (Phi) is 3.04. The average molecular weight is 262 g/mol. The van der Waals surface area contributed by atoms with E-state index in [0.29, 0.717) is 18.7 Å². The van der Waals surface area contributed by atoms with Gasteiger partial charge in [-0.3, -0.25) is 0 Å². The Morgan fingerprint density at radius 3 is 2.71 bits per heavy atom. The molecule has 0 saturated carbocycles. The van der Waals surface area contributed by atoms with E-state index < -0.39 is 11.5 Å². The highest BCUT2D eigenvalue weighted by atomic mass is 35.5. The molecule has 0 bridgehead atoms. The molecule has 1 saturated heterocycles. The molecule has 2 heterocycles. The molecule has 17 heavy (non-hydrogen) atoms. The zero-order valence-electron chi connectivity index (χ0n) is 9.21. The molecule has 0 amide bonds. The van der Waals surface area contributed by atoms with E-state index in [4.69, 9.17) is 4.74 Å². The van der Waals surface area contributed by atoms with Crippen LogP contribution in [0.4, 0.5) is 8.78 Å². The van der Waals surface area contributed by atoms with Crippen molar-refractivity contribution in [3.05, 3.63) is 29.8 Å². The topological polar surface area (TPSA) is 21.3 Å². The maximum absolute atomic E-state index is 14.0. The molecule has 94 valence electrons. The SMILES string of the molecule is Cl.FC1(F)CC2(CCNC2)Oc2ccccc21. The number of halogens is 3. The van der Waals surface area contributed by atoms with Crippen molar-refractivity contribution in [3.63, 3.8) is 0 Å². The molecule has 1 atom stereocenters. The van der Waals surface area contributed by atoms with Crippen LogP contribution in [0.3, 0.4) is 0 Å². The predicted octanol–water partition coefficient (Wildman–Crippen LogP) is 2.71. The summed E-state index contributed by atoms with van der Waals surface area (Å²) >= 11 is 0. The molecule has 5 heteroatoms. The summed E-state index contributed by atoms with van der Waals surface area (Å²) in [5.74, 6) is -2.44. The van der Waals surface area contributed by atoms with Crippen LogP contribution in [-0.2, 0) is 5.92 Å². The highest BCUT2D eigenvalue weighted by molar-refractivity contribution is 5.85. The van der Waals surface area contributed by atoms with E-state index in [0.717, 1.165) is 6.54 Å². The van der Waals surface area contributed by atoms with Crippen molar-refractivity contribution in [1.29, 1.82) is 0 Å². The zero-order chi connectivity index (χ0) is 11.2. The minimum absolute atomic E-state index is 0. The van der Waals surface area contributed by atoms with E-state index in [1.54, 1.807) is 18.2 Å². The van der Waals surface area contributed by atoms with E-state index in [9.17, 15) is 8.78 Å². The van der Waals surface area contributed by atoms with Crippen LogP contribution in [-0.4, -0.2) is 18.7 Å². The fourth-order valence-electron chi connectivity index (χ4n) is 2.59. The standard InChI is InChI=1S/C12H13F2NO.ClH/c13-12(14)7-11(5-6-15-8-11)16-10-4-2-1-3-9(10)12;/h1-4,15H,5-8H2;1H. The van der Waals surface area contributed by atoms with Crippen LogP contribution in [0, 0.1) is 0 Å². The lowest BCUT2D eigenvalue weighted by Crippen LogP contribution is -2.46. The third-order valence-electron chi connectivity index (χ3n) is 3.36. The van der Waals surface area contributed by atoms with E-state index >= 15 is 0 Å². The number of nitrogens with one attached hydrogen (secondary N) is 1. The van der Waals surface area contributed by atoms with Crippen molar-refractivity contribution in [2.45, 2.75) is 24.4 Å². The van der Waals surface area contributed by atoms with Crippen LogP contribution in [0.25, 0.3) is 0 Å². The minimum atomic E-state index is -2.78. The number of rotatable bonds is 0. The maximum Gasteiger partial charge on any atom is 0.280 e. The van der Waals surface area contributed by atoms with E-state index in [1.807, 2.05) is 0 Å². The first-order chi connectivity index (χ1) is 7.61. The summed E-state index contributed by atoms with van der Waals surface area (Å²) in [7, 11) is 0. The van der Waals surface area contributed by atoms with Gasteiger partial charge in [-0.25, -0.2) is 8.78 Å². The van der Waals surface area contributed by atoms with Crippen LogP contribution in [0.5, 0.6) is 5.75 Å². The minimum Gasteiger partial charge on any atom is -0.485 e. The summed E-state index contributed by atoms with van der Waals surface area (Å²) in [5.41, 5.74) is -0.690. The van der Waals surface area contributed by atoms with Gasteiger partial charge in [0.25, 0.3) is 5.92 Å². The Hall–Kier alpha value is -0.870. The van der Waals surface area contributed by atoms with Crippen LogP contribution >= 0.6 is 12.4 Å². The van der Waals surface area contributed by atoms with Gasteiger partial charge in [0, 0.05) is 13.0 Å². The number of para-hydroxylation sites is 1. The van der Waals surface area contributed by atoms with Gasteiger partial charge < -0.3 is 10.1 Å². The Bertz CT molecular complexity index is 419. The third kappa shape index (κ3) is 2.00. The molecule has 2 aliphatic rings. The summed E-state index contributed by atoms with van der Waals surface area (Å²) in [6.45, 7) is 1.26. The predicted molar refractivity (Wildman–Crippen MR) is 63.0 cm³/mol. The van der Waals surface area contributed by atoms with Crippen molar-refractivity contribution in [3.8, 4) is 5.75 Å². The number of hydrogen-bond donors (Lipinski definition) is 1. The van der Waals surface area contributed by atoms with E-state index in [2.05, 4.69) is 5.32 Å². The molecule has 0 aliphatic carbocycles. The molecule has 1 aromatic rings. The molecule has 1 unspecified atom stereocenters. The van der Waals surface area contributed by atoms with Gasteiger partial charge in [0.2, 0.25) is 0 Å². The van der Waals surface area contributed by atoms with Gasteiger partial charge in [-0.1, -0.05) is 12.1 Å². The fourth-order valence-corrected chi connectivity index (χ4v) is 2.59. The molecule has 1 N–H and O–H groups in total. The van der Waals surface area contributed by atoms with Gasteiger partial charge in [0.1, 0.15) is 11.4 Å². The number of benzene rings is 1. The van der Waals surface area contributed by atoms with Crippen molar-refractivity contribution >= 4 is 12.4 Å². The van der Waals surface area contributed by atoms with Gasteiger partial charge in [-0.05, 0) is 18.7 Å². The van der Waals surface area contributed by atoms with Crippen molar-refractivity contribution < 1.29 is 13.5 Å². The van der Waals surface area contributed by atoms with E-state index in [1.165, 1.54) is 6.07 Å². The van der Waals surface area contributed by atoms with E-state index in [-0.39, 0.29) is 24.4 Å². The highest BCUT2D eigenvalue weighted by Crippen LogP contribution is 2.48. The second-order valence-corrected chi connectivity index (χ2v) is 4.59. The number of hydrogen-bond acceptors (Lipinski definition) is 2. The largest absolute Gasteiger partial charge is 0.485 e.